The molecule has 0 spiro atoms. The zero-order chi connectivity index (χ0) is 22.4. The molecule has 1 heterocycles. The molecule has 0 radical (unpaired) electrons. The van der Waals surface area contributed by atoms with Gasteiger partial charge in [-0.15, -0.1) is 0 Å². The van der Waals surface area contributed by atoms with E-state index < -0.39 is 28.5 Å². The van der Waals surface area contributed by atoms with Gasteiger partial charge in [0.05, 0.1) is 10.5 Å². The summed E-state index contributed by atoms with van der Waals surface area (Å²) in [6.45, 7) is 4.45. The minimum Gasteiger partial charge on any atom is -0.452 e. The van der Waals surface area contributed by atoms with E-state index in [2.05, 4.69) is 5.32 Å². The quantitative estimate of drug-likeness (QED) is 0.687. The van der Waals surface area contributed by atoms with Crippen LogP contribution in [0, 0.1) is 13.8 Å². The zero-order valence-corrected chi connectivity index (χ0v) is 18.7. The summed E-state index contributed by atoms with van der Waals surface area (Å²) in [6, 6.07) is 11.2. The highest BCUT2D eigenvalue weighted by molar-refractivity contribution is 7.89. The van der Waals surface area contributed by atoms with Gasteiger partial charge in [-0.05, 0) is 68.1 Å². The Morgan fingerprint density at radius 3 is 2.26 bits per heavy atom. The largest absolute Gasteiger partial charge is 0.452 e. The first-order valence-corrected chi connectivity index (χ1v) is 11.9. The number of carbonyl (C=O) groups is 2. The fraction of sp³-hybridized carbons (Fsp3) is 0.391. The molecule has 3 rings (SSSR count). The van der Waals surface area contributed by atoms with Gasteiger partial charge in [0.15, 0.2) is 6.61 Å². The molecule has 2 aromatic rings. The lowest BCUT2D eigenvalue weighted by Crippen LogP contribution is -2.31. The van der Waals surface area contributed by atoms with Gasteiger partial charge < -0.3 is 10.1 Å². The normalized spacial score (nSPS) is 15.2. The number of sulfonamides is 1. The second kappa shape index (κ2) is 10.1. The third-order valence-electron chi connectivity index (χ3n) is 5.51. The number of esters is 1. The number of carbonyl (C=O) groups excluding carboxylic acids is 2. The zero-order valence-electron chi connectivity index (χ0n) is 17.9. The minimum absolute atomic E-state index is 0.151. The van der Waals surface area contributed by atoms with Gasteiger partial charge in [-0.25, -0.2) is 13.2 Å². The average molecular weight is 445 g/mol. The van der Waals surface area contributed by atoms with E-state index in [1.54, 1.807) is 6.07 Å². The van der Waals surface area contributed by atoms with Crippen LogP contribution >= 0.6 is 0 Å². The first-order valence-electron chi connectivity index (χ1n) is 10.4. The van der Waals surface area contributed by atoms with Crippen LogP contribution in [-0.2, 0) is 19.6 Å². The van der Waals surface area contributed by atoms with Gasteiger partial charge >= 0.3 is 5.97 Å². The molecule has 8 heteroatoms. The molecule has 1 amide bonds. The Morgan fingerprint density at radius 2 is 1.61 bits per heavy atom. The number of aryl methyl sites for hydroxylation is 1. The number of nitrogens with zero attached hydrogens (tertiary/aromatic N) is 1. The van der Waals surface area contributed by atoms with E-state index >= 15 is 0 Å². The second-order valence-electron chi connectivity index (χ2n) is 7.71. The molecule has 1 saturated heterocycles. The Hall–Kier alpha value is -2.71. The maximum Gasteiger partial charge on any atom is 0.338 e. The molecule has 0 aliphatic carbocycles. The van der Waals surface area contributed by atoms with E-state index in [0.717, 1.165) is 36.8 Å². The molecule has 7 nitrogen and oxygen atoms in total. The molecule has 0 unspecified atom stereocenters. The van der Waals surface area contributed by atoms with Crippen molar-refractivity contribution in [2.24, 2.45) is 0 Å². The lowest BCUT2D eigenvalue weighted by molar-refractivity contribution is -0.119. The number of amides is 1. The summed E-state index contributed by atoms with van der Waals surface area (Å²) in [5.74, 6) is -1.13. The Labute approximate surface area is 183 Å². The van der Waals surface area contributed by atoms with Gasteiger partial charge in [0.1, 0.15) is 0 Å². The first kappa shape index (κ1) is 23.0. The van der Waals surface area contributed by atoms with Gasteiger partial charge in [0.25, 0.3) is 5.91 Å². The van der Waals surface area contributed by atoms with Crippen molar-refractivity contribution in [1.29, 1.82) is 0 Å². The van der Waals surface area contributed by atoms with E-state index in [1.165, 1.54) is 28.6 Å². The van der Waals surface area contributed by atoms with Crippen LogP contribution in [-0.4, -0.2) is 44.3 Å². The molecular formula is C23H28N2O5S. The van der Waals surface area contributed by atoms with Crippen LogP contribution in [0.5, 0.6) is 0 Å². The highest BCUT2D eigenvalue weighted by Crippen LogP contribution is 2.21. The standard InChI is InChI=1S/C23H28N2O5S/c1-17-8-7-9-21(18(17)2)24-22(26)16-30-23(27)19-10-12-20(13-11-19)31(28,29)25-14-5-3-4-6-15-25/h7-13H,3-6,14-16H2,1-2H3,(H,24,26). The molecule has 166 valence electrons. The summed E-state index contributed by atoms with van der Waals surface area (Å²) in [5, 5.41) is 2.73. The number of ether oxygens (including phenoxy) is 1. The van der Waals surface area contributed by atoms with Crippen LogP contribution < -0.4 is 5.32 Å². The Morgan fingerprint density at radius 1 is 0.968 bits per heavy atom. The van der Waals surface area contributed by atoms with Crippen molar-refractivity contribution in [2.75, 3.05) is 25.0 Å². The van der Waals surface area contributed by atoms with Crippen molar-refractivity contribution in [3.63, 3.8) is 0 Å². The predicted molar refractivity (Wildman–Crippen MR) is 118 cm³/mol. The molecule has 0 saturated carbocycles. The summed E-state index contributed by atoms with van der Waals surface area (Å²) in [6.07, 6.45) is 3.78. The van der Waals surface area contributed by atoms with E-state index in [1.807, 2.05) is 26.0 Å². The van der Waals surface area contributed by atoms with Crippen LogP contribution in [0.25, 0.3) is 0 Å². The van der Waals surface area contributed by atoms with Crippen LogP contribution in [0.2, 0.25) is 0 Å². The van der Waals surface area contributed by atoms with E-state index in [4.69, 9.17) is 4.74 Å². The first-order chi connectivity index (χ1) is 14.8. The second-order valence-corrected chi connectivity index (χ2v) is 9.65. The Balaban J connectivity index is 1.58. The fourth-order valence-electron chi connectivity index (χ4n) is 3.48. The van der Waals surface area contributed by atoms with Crippen molar-refractivity contribution in [1.82, 2.24) is 4.31 Å². The van der Waals surface area contributed by atoms with Crippen molar-refractivity contribution < 1.29 is 22.7 Å². The Kier molecular flexibility index (Phi) is 7.46. The summed E-state index contributed by atoms with van der Waals surface area (Å²) < 4.78 is 32.2. The smallest absolute Gasteiger partial charge is 0.338 e. The van der Waals surface area contributed by atoms with Crippen molar-refractivity contribution in [3.8, 4) is 0 Å². The molecule has 1 aliphatic rings. The SMILES string of the molecule is Cc1cccc(NC(=O)COC(=O)c2ccc(S(=O)(=O)N3CCCCCC3)cc2)c1C. The van der Waals surface area contributed by atoms with Gasteiger partial charge in [-0.3, -0.25) is 4.79 Å². The number of anilines is 1. The number of nitrogens with one attached hydrogen (secondary N) is 1. The average Bonchev–Trinajstić information content (AvgIpc) is 3.05. The molecule has 1 aliphatic heterocycles. The van der Waals surface area contributed by atoms with Crippen LogP contribution in [0.1, 0.15) is 47.2 Å². The van der Waals surface area contributed by atoms with Crippen LogP contribution in [0.4, 0.5) is 5.69 Å². The maximum absolute atomic E-state index is 12.8. The third-order valence-corrected chi connectivity index (χ3v) is 7.42. The minimum atomic E-state index is -3.58. The molecule has 2 aromatic carbocycles. The van der Waals surface area contributed by atoms with Crippen LogP contribution in [0.15, 0.2) is 47.4 Å². The molecule has 1 N–H and O–H groups in total. The van der Waals surface area contributed by atoms with Gasteiger partial charge in [-0.1, -0.05) is 25.0 Å². The number of benzene rings is 2. The van der Waals surface area contributed by atoms with Crippen molar-refractivity contribution in [3.05, 3.63) is 59.2 Å². The van der Waals surface area contributed by atoms with E-state index in [9.17, 15) is 18.0 Å². The predicted octanol–water partition coefficient (Wildman–Crippen LogP) is 3.66. The molecule has 31 heavy (non-hydrogen) atoms. The maximum atomic E-state index is 12.8. The topological polar surface area (TPSA) is 92.8 Å². The molecule has 1 fully saturated rings. The number of hydrogen-bond acceptors (Lipinski definition) is 5. The number of hydrogen-bond donors (Lipinski definition) is 1. The molecule has 0 aromatic heterocycles. The number of rotatable bonds is 6. The molecular weight excluding hydrogens is 416 g/mol. The summed E-state index contributed by atoms with van der Waals surface area (Å²) >= 11 is 0. The van der Waals surface area contributed by atoms with Crippen molar-refractivity contribution >= 4 is 27.6 Å². The van der Waals surface area contributed by atoms with Crippen LogP contribution in [0.3, 0.4) is 0 Å². The van der Waals surface area contributed by atoms with Crippen molar-refractivity contribution in [2.45, 2.75) is 44.4 Å². The Bertz CT molecular complexity index is 1040. The van der Waals surface area contributed by atoms with Gasteiger partial charge in [0.2, 0.25) is 10.0 Å². The van der Waals surface area contributed by atoms with E-state index in [-0.39, 0.29) is 10.5 Å². The highest BCUT2D eigenvalue weighted by atomic mass is 32.2. The highest BCUT2D eigenvalue weighted by Gasteiger charge is 2.25. The summed E-state index contributed by atoms with van der Waals surface area (Å²) in [4.78, 5) is 24.5. The molecule has 0 atom stereocenters. The lowest BCUT2D eigenvalue weighted by atomic mass is 10.1. The van der Waals surface area contributed by atoms with Gasteiger partial charge in [0, 0.05) is 18.8 Å². The summed E-state index contributed by atoms with van der Waals surface area (Å²) in [5.41, 5.74) is 2.85. The third kappa shape index (κ3) is 5.71. The molecule has 0 bridgehead atoms. The lowest BCUT2D eigenvalue weighted by Gasteiger charge is -2.20. The van der Waals surface area contributed by atoms with Gasteiger partial charge in [-0.2, -0.15) is 4.31 Å². The fourth-order valence-corrected chi connectivity index (χ4v) is 5.00. The van der Waals surface area contributed by atoms with E-state index in [0.29, 0.717) is 18.8 Å². The summed E-state index contributed by atoms with van der Waals surface area (Å²) in [7, 11) is -3.58. The monoisotopic (exact) mass is 444 g/mol.